The summed E-state index contributed by atoms with van der Waals surface area (Å²) < 4.78 is 4.00. The quantitative estimate of drug-likeness (QED) is 0.366. The summed E-state index contributed by atoms with van der Waals surface area (Å²) in [5.74, 6) is 0.307. The normalized spacial score (nSPS) is 11.5. The predicted octanol–water partition coefficient (Wildman–Crippen LogP) is 2.63. The van der Waals surface area contributed by atoms with Crippen LogP contribution in [0.15, 0.2) is 57.3 Å². The van der Waals surface area contributed by atoms with Crippen LogP contribution in [0.3, 0.4) is 0 Å². The molecule has 4 rings (SSSR count). The molecule has 11 heteroatoms. The first kappa shape index (κ1) is 20.8. The zero-order valence-corrected chi connectivity index (χ0v) is 18.1. The molecular formula is C20H17Cl2N7O2. The lowest BCUT2D eigenvalue weighted by molar-refractivity contribution is 0.655. The molecule has 158 valence electrons. The van der Waals surface area contributed by atoms with Crippen LogP contribution in [0.1, 0.15) is 11.3 Å². The van der Waals surface area contributed by atoms with Gasteiger partial charge in [-0.15, -0.1) is 0 Å². The third-order valence-corrected chi connectivity index (χ3v) is 5.47. The molecule has 0 amide bonds. The van der Waals surface area contributed by atoms with Crippen molar-refractivity contribution in [3.8, 4) is 0 Å². The summed E-state index contributed by atoms with van der Waals surface area (Å²) in [6.07, 6.45) is 3.18. The minimum Gasteiger partial charge on any atom is -0.306 e. The number of hydrogen-bond donors (Lipinski definition) is 1. The van der Waals surface area contributed by atoms with Crippen molar-refractivity contribution in [1.29, 1.82) is 0 Å². The minimum atomic E-state index is -0.495. The largest absolute Gasteiger partial charge is 0.332 e. The molecule has 0 unspecified atom stereocenters. The Morgan fingerprint density at radius 3 is 2.61 bits per heavy atom. The van der Waals surface area contributed by atoms with Crippen LogP contribution in [0.2, 0.25) is 10.0 Å². The van der Waals surface area contributed by atoms with Crippen molar-refractivity contribution in [1.82, 2.24) is 23.7 Å². The van der Waals surface area contributed by atoms with Crippen LogP contribution in [-0.4, -0.2) is 29.9 Å². The number of hydrazone groups is 1. The van der Waals surface area contributed by atoms with E-state index in [0.29, 0.717) is 27.3 Å². The zero-order chi connectivity index (χ0) is 22.1. The van der Waals surface area contributed by atoms with Gasteiger partial charge in [-0.05, 0) is 29.8 Å². The molecule has 0 fully saturated rings. The van der Waals surface area contributed by atoms with Gasteiger partial charge in [0.15, 0.2) is 11.2 Å². The van der Waals surface area contributed by atoms with E-state index in [4.69, 9.17) is 23.2 Å². The highest BCUT2D eigenvalue weighted by molar-refractivity contribution is 6.42. The first-order valence-corrected chi connectivity index (χ1v) is 9.92. The molecule has 0 atom stereocenters. The molecule has 0 saturated carbocycles. The van der Waals surface area contributed by atoms with Gasteiger partial charge in [-0.1, -0.05) is 35.3 Å². The second kappa shape index (κ2) is 8.37. The van der Waals surface area contributed by atoms with E-state index in [1.165, 1.54) is 10.8 Å². The Balaban J connectivity index is 1.74. The number of halogens is 2. The number of nitrogens with one attached hydrogen (secondary N) is 1. The highest BCUT2D eigenvalue weighted by atomic mass is 35.5. The number of pyridine rings is 1. The number of fused-ring (bicyclic) bond motifs is 1. The van der Waals surface area contributed by atoms with Crippen LogP contribution < -0.4 is 16.7 Å². The lowest BCUT2D eigenvalue weighted by Gasteiger charge is -2.09. The first-order valence-electron chi connectivity index (χ1n) is 9.17. The summed E-state index contributed by atoms with van der Waals surface area (Å²) in [6.45, 7) is 0.0457. The molecule has 0 aliphatic carbocycles. The molecule has 3 aromatic heterocycles. The van der Waals surface area contributed by atoms with Crippen molar-refractivity contribution in [3.05, 3.63) is 84.7 Å². The van der Waals surface area contributed by atoms with E-state index >= 15 is 0 Å². The van der Waals surface area contributed by atoms with Gasteiger partial charge >= 0.3 is 5.69 Å². The summed E-state index contributed by atoms with van der Waals surface area (Å²) in [4.78, 5) is 34.5. The summed E-state index contributed by atoms with van der Waals surface area (Å²) in [5.41, 5.74) is 3.67. The standard InChI is InChI=1S/C20H17Cl2N7O2/c1-27-16-17(25-19(27)26-24-10-13-5-3-4-8-23-13)28(2)20(31)29(18(16)30)11-12-6-7-14(21)15(22)9-12/h3-10H,11H2,1-2H3,(H,25,26). The van der Waals surface area contributed by atoms with Gasteiger partial charge in [-0.2, -0.15) is 10.1 Å². The SMILES string of the molecule is Cn1c(NN=Cc2ccccn2)nc2c1c(=O)n(Cc1ccc(Cl)c(Cl)c1)c(=O)n2C. The maximum atomic E-state index is 13.1. The average molecular weight is 458 g/mol. The molecule has 31 heavy (non-hydrogen) atoms. The van der Waals surface area contributed by atoms with E-state index in [9.17, 15) is 9.59 Å². The summed E-state index contributed by atoms with van der Waals surface area (Å²) >= 11 is 12.0. The summed E-state index contributed by atoms with van der Waals surface area (Å²) in [6, 6.07) is 10.4. The van der Waals surface area contributed by atoms with Crippen LogP contribution >= 0.6 is 23.2 Å². The molecule has 0 aliphatic heterocycles. The number of nitrogens with zero attached hydrogens (tertiary/aromatic N) is 6. The lowest BCUT2D eigenvalue weighted by atomic mass is 10.2. The Bertz CT molecular complexity index is 1420. The third-order valence-electron chi connectivity index (χ3n) is 4.73. The minimum absolute atomic E-state index is 0.0457. The van der Waals surface area contributed by atoms with E-state index in [0.717, 1.165) is 4.57 Å². The molecule has 1 N–H and O–H groups in total. The Morgan fingerprint density at radius 1 is 1.10 bits per heavy atom. The molecule has 0 spiro atoms. The van der Waals surface area contributed by atoms with E-state index in [1.54, 1.807) is 55.2 Å². The number of aryl methyl sites for hydroxylation is 2. The van der Waals surface area contributed by atoms with Crippen LogP contribution in [0, 0.1) is 0 Å². The van der Waals surface area contributed by atoms with Gasteiger partial charge in [0.2, 0.25) is 5.95 Å². The number of rotatable bonds is 5. The van der Waals surface area contributed by atoms with Crippen molar-refractivity contribution in [2.45, 2.75) is 6.54 Å². The Kier molecular flexibility index (Phi) is 5.62. The predicted molar refractivity (Wildman–Crippen MR) is 121 cm³/mol. The van der Waals surface area contributed by atoms with Crippen LogP contribution in [0.5, 0.6) is 0 Å². The average Bonchev–Trinajstić information content (AvgIpc) is 3.09. The second-order valence-electron chi connectivity index (χ2n) is 6.77. The van der Waals surface area contributed by atoms with Gasteiger partial charge in [-0.25, -0.2) is 10.2 Å². The molecule has 3 heterocycles. The first-order chi connectivity index (χ1) is 14.9. The van der Waals surface area contributed by atoms with Gasteiger partial charge in [0.05, 0.1) is 28.5 Å². The lowest BCUT2D eigenvalue weighted by Crippen LogP contribution is -2.39. The Morgan fingerprint density at radius 2 is 1.90 bits per heavy atom. The number of hydrogen-bond acceptors (Lipinski definition) is 6. The molecule has 0 saturated heterocycles. The van der Waals surface area contributed by atoms with E-state index in [1.807, 2.05) is 6.07 Å². The van der Waals surface area contributed by atoms with Gasteiger partial charge < -0.3 is 4.57 Å². The molecule has 0 radical (unpaired) electrons. The molecule has 0 aliphatic rings. The Hall–Kier alpha value is -3.43. The van der Waals surface area contributed by atoms with Gasteiger partial charge in [-0.3, -0.25) is 18.9 Å². The number of aromatic nitrogens is 5. The summed E-state index contributed by atoms with van der Waals surface area (Å²) in [7, 11) is 3.23. The zero-order valence-electron chi connectivity index (χ0n) is 16.6. The number of imidazole rings is 1. The van der Waals surface area contributed by atoms with Crippen LogP contribution in [-0.2, 0) is 20.6 Å². The number of benzene rings is 1. The van der Waals surface area contributed by atoms with E-state index in [-0.39, 0.29) is 17.7 Å². The highest BCUT2D eigenvalue weighted by Crippen LogP contribution is 2.22. The van der Waals surface area contributed by atoms with Gasteiger partial charge in [0.25, 0.3) is 5.56 Å². The molecule has 9 nitrogen and oxygen atoms in total. The third kappa shape index (κ3) is 3.97. The van der Waals surface area contributed by atoms with Crippen LogP contribution in [0.25, 0.3) is 11.2 Å². The number of anilines is 1. The molecule has 1 aromatic carbocycles. The molecular weight excluding hydrogens is 441 g/mol. The van der Waals surface area contributed by atoms with Crippen LogP contribution in [0.4, 0.5) is 5.95 Å². The van der Waals surface area contributed by atoms with Gasteiger partial charge in [0.1, 0.15) is 0 Å². The maximum Gasteiger partial charge on any atom is 0.332 e. The van der Waals surface area contributed by atoms with Crippen molar-refractivity contribution in [3.63, 3.8) is 0 Å². The fourth-order valence-corrected chi connectivity index (χ4v) is 3.43. The second-order valence-corrected chi connectivity index (χ2v) is 7.59. The maximum absolute atomic E-state index is 13.1. The molecule has 4 aromatic rings. The van der Waals surface area contributed by atoms with E-state index in [2.05, 4.69) is 20.5 Å². The fraction of sp³-hybridized carbons (Fsp3) is 0.150. The topological polar surface area (TPSA) is 99.1 Å². The molecule has 0 bridgehead atoms. The van der Waals surface area contributed by atoms with Crippen molar-refractivity contribution < 1.29 is 0 Å². The van der Waals surface area contributed by atoms with Gasteiger partial charge in [0, 0.05) is 20.3 Å². The Labute approximate surface area is 186 Å². The van der Waals surface area contributed by atoms with Crippen molar-refractivity contribution >= 4 is 46.5 Å². The van der Waals surface area contributed by atoms with Crippen molar-refractivity contribution in [2.24, 2.45) is 19.2 Å². The highest BCUT2D eigenvalue weighted by Gasteiger charge is 2.18. The monoisotopic (exact) mass is 457 g/mol. The smallest absolute Gasteiger partial charge is 0.306 e. The van der Waals surface area contributed by atoms with Crippen molar-refractivity contribution in [2.75, 3.05) is 5.43 Å². The summed E-state index contributed by atoms with van der Waals surface area (Å²) in [5, 5.41) is 4.86. The fourth-order valence-electron chi connectivity index (χ4n) is 3.11. The van der Waals surface area contributed by atoms with E-state index < -0.39 is 11.2 Å².